The van der Waals surface area contributed by atoms with E-state index >= 15 is 0 Å². The van der Waals surface area contributed by atoms with Crippen molar-refractivity contribution < 1.29 is 9.90 Å². The van der Waals surface area contributed by atoms with E-state index in [9.17, 15) is 4.79 Å². The molecule has 3 rings (SSSR count). The molecular formula is C14H19Cl2N3O2. The van der Waals surface area contributed by atoms with Crippen LogP contribution in [0.15, 0.2) is 18.3 Å². The number of nitrogens with zero attached hydrogens (tertiary/aromatic N) is 2. The Bertz CT molecular complexity index is 580. The Kier molecular flexibility index (Phi) is 6.01. The molecule has 0 atom stereocenters. The predicted octanol–water partition coefficient (Wildman–Crippen LogP) is 2.87. The third-order valence-electron chi connectivity index (χ3n) is 3.94. The molecule has 7 heteroatoms. The third kappa shape index (κ3) is 3.48. The number of hydrogen-bond donors (Lipinski definition) is 2. The van der Waals surface area contributed by atoms with Crippen molar-refractivity contribution in [2.75, 3.05) is 20.1 Å². The van der Waals surface area contributed by atoms with E-state index in [1.54, 1.807) is 12.1 Å². The molecule has 1 saturated heterocycles. The minimum atomic E-state index is -0.933. The van der Waals surface area contributed by atoms with Crippen molar-refractivity contribution >= 4 is 30.8 Å². The first kappa shape index (κ1) is 17.8. The zero-order chi connectivity index (χ0) is 13.4. The first-order valence-electron chi connectivity index (χ1n) is 6.54. The van der Waals surface area contributed by atoms with E-state index in [-0.39, 0.29) is 30.5 Å². The average molecular weight is 332 g/mol. The number of pyridine rings is 1. The number of hydrogen-bond acceptors (Lipinski definition) is 3. The first-order valence-corrected chi connectivity index (χ1v) is 6.54. The van der Waals surface area contributed by atoms with Crippen molar-refractivity contribution in [1.29, 1.82) is 0 Å². The number of fused-ring (bicyclic) bond motifs is 1. The lowest BCUT2D eigenvalue weighted by molar-refractivity contribution is 0.0690. The number of aromatic nitrogens is 2. The number of aromatic amines is 1. The van der Waals surface area contributed by atoms with Gasteiger partial charge in [0.25, 0.3) is 0 Å². The maximum atomic E-state index is 11.0. The average Bonchev–Trinajstić information content (AvgIpc) is 2.82. The second-order valence-corrected chi connectivity index (χ2v) is 5.23. The van der Waals surface area contributed by atoms with Crippen LogP contribution in [0.4, 0.5) is 0 Å². The lowest BCUT2D eigenvalue weighted by Gasteiger charge is -2.28. The van der Waals surface area contributed by atoms with Crippen LogP contribution in [0.25, 0.3) is 11.4 Å². The van der Waals surface area contributed by atoms with Gasteiger partial charge in [-0.2, -0.15) is 0 Å². The standard InChI is InChI=1S/C14H17N3O2.2ClH/c1-17-6-4-9(5-7-17)10-8-15-11-2-3-12(14(18)19)16-13(10)11;;/h2-3,8-9,16H,4-7H2,1H3,(H,18,19);2*1H. The Morgan fingerprint density at radius 1 is 1.33 bits per heavy atom. The number of H-pyrrole nitrogens is 1. The molecule has 5 nitrogen and oxygen atoms in total. The van der Waals surface area contributed by atoms with Crippen LogP contribution in [0.3, 0.4) is 0 Å². The van der Waals surface area contributed by atoms with Crippen LogP contribution in [-0.2, 0) is 0 Å². The van der Waals surface area contributed by atoms with Gasteiger partial charge in [0.05, 0.1) is 11.4 Å². The summed E-state index contributed by atoms with van der Waals surface area (Å²) in [5, 5.41) is 9.06. The molecule has 3 aliphatic heterocycles. The van der Waals surface area contributed by atoms with Gasteiger partial charge >= 0.3 is 5.97 Å². The molecule has 0 aliphatic carbocycles. The number of nitrogens with one attached hydrogen (secondary N) is 1. The van der Waals surface area contributed by atoms with Gasteiger partial charge in [0, 0.05) is 6.20 Å². The van der Waals surface area contributed by atoms with E-state index in [0.29, 0.717) is 5.92 Å². The third-order valence-corrected chi connectivity index (χ3v) is 3.94. The second-order valence-electron chi connectivity index (χ2n) is 5.23. The quantitative estimate of drug-likeness (QED) is 0.887. The van der Waals surface area contributed by atoms with Gasteiger partial charge in [-0.3, -0.25) is 4.98 Å². The molecule has 0 saturated carbocycles. The fraction of sp³-hybridized carbons (Fsp3) is 0.429. The highest BCUT2D eigenvalue weighted by atomic mass is 35.5. The van der Waals surface area contributed by atoms with Crippen molar-refractivity contribution in [3.8, 4) is 11.4 Å². The van der Waals surface area contributed by atoms with Crippen LogP contribution in [0.5, 0.6) is 0 Å². The van der Waals surface area contributed by atoms with Crippen molar-refractivity contribution in [2.24, 2.45) is 0 Å². The SMILES string of the molecule is CN1CCC(c2cnc3ccc(C(=O)O)[nH]c2-3)CC1.Cl.Cl. The summed E-state index contributed by atoms with van der Waals surface area (Å²) in [6.07, 6.45) is 4.09. The summed E-state index contributed by atoms with van der Waals surface area (Å²) in [6.45, 7) is 2.16. The van der Waals surface area contributed by atoms with E-state index in [4.69, 9.17) is 5.11 Å². The number of aromatic carboxylic acids is 1. The Morgan fingerprint density at radius 3 is 2.62 bits per heavy atom. The Balaban J connectivity index is 0.00000110. The maximum Gasteiger partial charge on any atom is 0.352 e. The molecule has 3 aliphatic rings. The highest BCUT2D eigenvalue weighted by molar-refractivity contribution is 5.86. The number of rotatable bonds is 2. The molecule has 1 fully saturated rings. The minimum Gasteiger partial charge on any atom is -0.477 e. The first-order chi connectivity index (χ1) is 9.15. The zero-order valence-electron chi connectivity index (χ0n) is 11.7. The van der Waals surface area contributed by atoms with Crippen LogP contribution in [0, 0.1) is 0 Å². The summed E-state index contributed by atoms with van der Waals surface area (Å²) in [6, 6.07) is 3.34. The van der Waals surface area contributed by atoms with E-state index in [2.05, 4.69) is 21.9 Å². The normalized spacial score (nSPS) is 16.2. The largest absolute Gasteiger partial charge is 0.477 e. The minimum absolute atomic E-state index is 0. The Hall–Kier alpha value is -1.30. The van der Waals surface area contributed by atoms with E-state index in [1.165, 1.54) is 0 Å². The van der Waals surface area contributed by atoms with E-state index in [1.807, 2.05) is 6.20 Å². The van der Waals surface area contributed by atoms with Crippen LogP contribution in [0.2, 0.25) is 0 Å². The molecule has 3 heterocycles. The fourth-order valence-corrected chi connectivity index (χ4v) is 2.77. The number of carbonyl (C=O) groups is 1. The molecule has 0 radical (unpaired) electrons. The second kappa shape index (κ2) is 7.11. The van der Waals surface area contributed by atoms with Gasteiger partial charge in [0.2, 0.25) is 0 Å². The van der Waals surface area contributed by atoms with Crippen molar-refractivity contribution in [2.45, 2.75) is 18.8 Å². The van der Waals surface area contributed by atoms with E-state index < -0.39 is 5.97 Å². The predicted molar refractivity (Wildman–Crippen MR) is 86.1 cm³/mol. The number of likely N-dealkylation sites (tertiary alicyclic amines) is 1. The molecule has 0 aromatic heterocycles. The zero-order valence-corrected chi connectivity index (χ0v) is 13.3. The summed E-state index contributed by atoms with van der Waals surface area (Å²) in [7, 11) is 2.13. The Morgan fingerprint density at radius 2 is 2.00 bits per heavy atom. The van der Waals surface area contributed by atoms with Gasteiger partial charge in [0.15, 0.2) is 0 Å². The highest BCUT2D eigenvalue weighted by Crippen LogP contribution is 2.35. The molecular weight excluding hydrogens is 313 g/mol. The molecule has 0 bridgehead atoms. The lowest BCUT2D eigenvalue weighted by Crippen LogP contribution is -2.29. The van der Waals surface area contributed by atoms with Gasteiger partial charge in [-0.15, -0.1) is 24.8 Å². The molecule has 2 N–H and O–H groups in total. The molecule has 0 aromatic rings. The summed E-state index contributed by atoms with van der Waals surface area (Å²) >= 11 is 0. The number of halogens is 2. The van der Waals surface area contributed by atoms with Gasteiger partial charge in [0.1, 0.15) is 5.69 Å². The number of carboxylic acids is 1. The number of piperidine rings is 1. The van der Waals surface area contributed by atoms with Gasteiger partial charge in [-0.1, -0.05) is 0 Å². The molecule has 0 aromatic carbocycles. The van der Waals surface area contributed by atoms with Gasteiger partial charge in [-0.05, 0) is 56.6 Å². The van der Waals surface area contributed by atoms with Crippen molar-refractivity contribution in [1.82, 2.24) is 14.9 Å². The topological polar surface area (TPSA) is 69.2 Å². The molecule has 21 heavy (non-hydrogen) atoms. The monoisotopic (exact) mass is 331 g/mol. The Labute approximate surface area is 135 Å². The fourth-order valence-electron chi connectivity index (χ4n) is 2.77. The van der Waals surface area contributed by atoms with Crippen LogP contribution in [-0.4, -0.2) is 46.1 Å². The molecule has 0 amide bonds. The summed E-state index contributed by atoms with van der Waals surface area (Å²) < 4.78 is 0. The maximum absolute atomic E-state index is 11.0. The number of carboxylic acid groups (broad SMARTS) is 1. The van der Waals surface area contributed by atoms with Crippen LogP contribution < -0.4 is 0 Å². The van der Waals surface area contributed by atoms with Crippen LogP contribution in [0.1, 0.15) is 34.8 Å². The molecule has 0 spiro atoms. The van der Waals surface area contributed by atoms with Crippen molar-refractivity contribution in [3.05, 3.63) is 29.6 Å². The molecule has 0 unspecified atom stereocenters. The summed E-state index contributed by atoms with van der Waals surface area (Å²) in [5.74, 6) is -0.459. The van der Waals surface area contributed by atoms with Gasteiger partial charge in [-0.25, -0.2) is 4.79 Å². The summed E-state index contributed by atoms with van der Waals surface area (Å²) in [4.78, 5) is 20.7. The van der Waals surface area contributed by atoms with Crippen molar-refractivity contribution in [3.63, 3.8) is 0 Å². The summed E-state index contributed by atoms with van der Waals surface area (Å²) in [5.41, 5.74) is 3.11. The smallest absolute Gasteiger partial charge is 0.352 e. The highest BCUT2D eigenvalue weighted by Gasteiger charge is 2.24. The van der Waals surface area contributed by atoms with Gasteiger partial charge < -0.3 is 15.0 Å². The molecule has 116 valence electrons. The van der Waals surface area contributed by atoms with E-state index in [0.717, 1.165) is 42.9 Å². The lowest BCUT2D eigenvalue weighted by atomic mass is 9.89. The van der Waals surface area contributed by atoms with Crippen LogP contribution >= 0.6 is 24.8 Å².